The first-order valence-corrected chi connectivity index (χ1v) is 14.0. The Kier molecular flexibility index (Phi) is 9.36. The van der Waals surface area contributed by atoms with Crippen LogP contribution in [-0.4, -0.2) is 47.5 Å². The molecule has 0 saturated carbocycles. The number of carbonyl (C=O) groups is 2. The van der Waals surface area contributed by atoms with E-state index in [9.17, 15) is 14.7 Å². The molecule has 1 heterocycles. The maximum atomic E-state index is 12.7. The number of carbonyl (C=O) groups excluding carboxylic acids is 1. The summed E-state index contributed by atoms with van der Waals surface area (Å²) in [6, 6.07) is 24.3. The van der Waals surface area contributed by atoms with Crippen LogP contribution in [0.5, 0.6) is 0 Å². The molecule has 5 nitrogen and oxygen atoms in total. The lowest BCUT2D eigenvalue weighted by Gasteiger charge is -2.34. The number of carboxylic acids is 1. The van der Waals surface area contributed by atoms with Crippen molar-refractivity contribution in [2.75, 3.05) is 19.6 Å². The summed E-state index contributed by atoms with van der Waals surface area (Å²) in [5, 5.41) is 9.42. The number of Topliss-reactive ketones (excluding diaryl/α,β-unsaturated/α-hetero) is 1. The van der Waals surface area contributed by atoms with Gasteiger partial charge >= 0.3 is 5.97 Å². The van der Waals surface area contributed by atoms with Crippen LogP contribution in [0.3, 0.4) is 0 Å². The number of benzene rings is 3. The Balaban J connectivity index is 1.26. The summed E-state index contributed by atoms with van der Waals surface area (Å²) in [5.41, 5.74) is 5.22. The van der Waals surface area contributed by atoms with Gasteiger partial charge in [0, 0.05) is 25.1 Å². The molecule has 1 aliphatic rings. The SMILES string of the molecule is Cc1ccc(C(OC2CCN(CCCC(=O)c3ccc(C(C)(C)C(=O)O)cc3)CC2)c2ccc(C)cc2)cc1. The van der Waals surface area contributed by atoms with Crippen molar-refractivity contribution < 1.29 is 19.4 Å². The normalized spacial score (nSPS) is 15.0. The highest BCUT2D eigenvalue weighted by Gasteiger charge is 2.29. The third-order valence-electron chi connectivity index (χ3n) is 7.96. The first kappa shape index (κ1) is 28.7. The molecule has 1 aliphatic heterocycles. The van der Waals surface area contributed by atoms with Crippen molar-refractivity contribution in [2.45, 2.75) is 71.0 Å². The number of carboxylic acid groups (broad SMARTS) is 1. The maximum absolute atomic E-state index is 12.7. The van der Waals surface area contributed by atoms with Crippen LogP contribution >= 0.6 is 0 Å². The van der Waals surface area contributed by atoms with Crippen LogP contribution < -0.4 is 0 Å². The third kappa shape index (κ3) is 7.43. The zero-order valence-corrected chi connectivity index (χ0v) is 23.7. The van der Waals surface area contributed by atoms with Gasteiger partial charge in [0.15, 0.2) is 5.78 Å². The quantitative estimate of drug-likeness (QED) is 0.275. The number of nitrogens with zero attached hydrogens (tertiary/aromatic N) is 1. The molecule has 3 aromatic rings. The first-order chi connectivity index (χ1) is 18.6. The molecule has 0 aromatic heterocycles. The highest BCUT2D eigenvalue weighted by molar-refractivity contribution is 5.96. The second-order valence-electron chi connectivity index (χ2n) is 11.4. The summed E-state index contributed by atoms with van der Waals surface area (Å²) < 4.78 is 6.72. The molecule has 0 bridgehead atoms. The van der Waals surface area contributed by atoms with Gasteiger partial charge in [-0.15, -0.1) is 0 Å². The average molecular weight is 528 g/mol. The van der Waals surface area contributed by atoms with E-state index in [4.69, 9.17) is 4.74 Å². The standard InChI is InChI=1S/C34H41NO4/c1-24-7-11-27(12-8-24)32(28-13-9-25(2)10-14-28)39-30-19-22-35(23-20-30)21-5-6-31(36)26-15-17-29(18-16-26)34(3,4)33(37)38/h7-18,30,32H,5-6,19-23H2,1-4H3,(H,37,38). The number of hydrogen-bond donors (Lipinski definition) is 1. The average Bonchev–Trinajstić information content (AvgIpc) is 2.93. The monoisotopic (exact) mass is 527 g/mol. The molecule has 1 saturated heterocycles. The van der Waals surface area contributed by atoms with E-state index in [-0.39, 0.29) is 18.0 Å². The highest BCUT2D eigenvalue weighted by Crippen LogP contribution is 2.31. The Bertz CT molecular complexity index is 1190. The van der Waals surface area contributed by atoms with Gasteiger partial charge in [-0.25, -0.2) is 0 Å². The first-order valence-electron chi connectivity index (χ1n) is 14.0. The van der Waals surface area contributed by atoms with Crippen LogP contribution in [0.15, 0.2) is 72.8 Å². The van der Waals surface area contributed by atoms with E-state index in [1.807, 2.05) is 0 Å². The molecule has 1 N–H and O–H groups in total. The molecular formula is C34H41NO4. The van der Waals surface area contributed by atoms with Crippen LogP contribution in [-0.2, 0) is 14.9 Å². The summed E-state index contributed by atoms with van der Waals surface area (Å²) in [6.07, 6.45) is 3.37. The van der Waals surface area contributed by atoms with E-state index in [0.717, 1.165) is 38.9 Å². The smallest absolute Gasteiger partial charge is 0.313 e. The van der Waals surface area contributed by atoms with Crippen molar-refractivity contribution in [3.63, 3.8) is 0 Å². The summed E-state index contributed by atoms with van der Waals surface area (Å²) in [4.78, 5) is 26.6. The largest absolute Gasteiger partial charge is 0.481 e. The molecule has 39 heavy (non-hydrogen) atoms. The summed E-state index contributed by atoms with van der Waals surface area (Å²) in [5.74, 6) is -0.775. The Morgan fingerprint density at radius 1 is 0.872 bits per heavy atom. The Labute approximate surface area is 232 Å². The number of likely N-dealkylation sites (tertiary alicyclic amines) is 1. The fraction of sp³-hybridized carbons (Fsp3) is 0.412. The van der Waals surface area contributed by atoms with Gasteiger partial charge in [0.2, 0.25) is 0 Å². The number of aliphatic carboxylic acids is 1. The van der Waals surface area contributed by atoms with Gasteiger partial charge in [-0.3, -0.25) is 9.59 Å². The van der Waals surface area contributed by atoms with Crippen molar-refractivity contribution in [3.8, 4) is 0 Å². The number of rotatable bonds is 11. The van der Waals surface area contributed by atoms with Crippen molar-refractivity contribution in [3.05, 3.63) is 106 Å². The summed E-state index contributed by atoms with van der Waals surface area (Å²) in [7, 11) is 0. The lowest BCUT2D eigenvalue weighted by molar-refractivity contribution is -0.142. The van der Waals surface area contributed by atoms with Crippen molar-refractivity contribution >= 4 is 11.8 Å². The molecular weight excluding hydrogens is 486 g/mol. The minimum absolute atomic E-state index is 0.0761. The second-order valence-corrected chi connectivity index (χ2v) is 11.4. The van der Waals surface area contributed by atoms with Gasteiger partial charge in [-0.05, 0) is 70.2 Å². The van der Waals surface area contributed by atoms with Crippen molar-refractivity contribution in [2.24, 2.45) is 0 Å². The Hall–Kier alpha value is -3.28. The van der Waals surface area contributed by atoms with Gasteiger partial charge < -0.3 is 14.7 Å². The minimum Gasteiger partial charge on any atom is -0.481 e. The van der Waals surface area contributed by atoms with Gasteiger partial charge in [0.1, 0.15) is 6.10 Å². The molecule has 1 fully saturated rings. The number of piperidine rings is 1. The van der Waals surface area contributed by atoms with Crippen molar-refractivity contribution in [1.29, 1.82) is 0 Å². The highest BCUT2D eigenvalue weighted by atomic mass is 16.5. The molecule has 206 valence electrons. The van der Waals surface area contributed by atoms with Crippen LogP contribution in [0.25, 0.3) is 0 Å². The topological polar surface area (TPSA) is 66.8 Å². The Morgan fingerprint density at radius 2 is 1.38 bits per heavy atom. The molecule has 0 spiro atoms. The molecule has 0 aliphatic carbocycles. The van der Waals surface area contributed by atoms with E-state index >= 15 is 0 Å². The predicted octanol–water partition coefficient (Wildman–Crippen LogP) is 6.90. The number of hydrogen-bond acceptors (Lipinski definition) is 4. The number of ether oxygens (including phenoxy) is 1. The van der Waals surface area contributed by atoms with E-state index in [0.29, 0.717) is 17.5 Å². The van der Waals surface area contributed by atoms with Crippen molar-refractivity contribution in [1.82, 2.24) is 4.90 Å². The van der Waals surface area contributed by atoms with Gasteiger partial charge in [-0.2, -0.15) is 0 Å². The molecule has 4 rings (SSSR count). The minimum atomic E-state index is -0.975. The zero-order chi connectivity index (χ0) is 28.0. The summed E-state index contributed by atoms with van der Waals surface area (Å²) in [6.45, 7) is 10.4. The zero-order valence-electron chi connectivity index (χ0n) is 23.7. The lowest BCUT2D eigenvalue weighted by Crippen LogP contribution is -2.38. The van der Waals surface area contributed by atoms with E-state index in [1.54, 1.807) is 38.1 Å². The van der Waals surface area contributed by atoms with Crippen LogP contribution in [0.1, 0.15) is 83.8 Å². The fourth-order valence-electron chi connectivity index (χ4n) is 5.10. The molecule has 0 radical (unpaired) electrons. The third-order valence-corrected chi connectivity index (χ3v) is 7.96. The molecule has 0 unspecified atom stereocenters. The fourth-order valence-corrected chi connectivity index (χ4v) is 5.10. The number of ketones is 1. The summed E-state index contributed by atoms with van der Waals surface area (Å²) >= 11 is 0. The predicted molar refractivity (Wildman–Crippen MR) is 155 cm³/mol. The Morgan fingerprint density at radius 3 is 1.87 bits per heavy atom. The van der Waals surface area contributed by atoms with Crippen LogP contribution in [0.4, 0.5) is 0 Å². The van der Waals surface area contributed by atoms with E-state index < -0.39 is 11.4 Å². The molecule has 5 heteroatoms. The van der Waals surface area contributed by atoms with Crippen LogP contribution in [0, 0.1) is 13.8 Å². The molecule has 0 amide bonds. The lowest BCUT2D eigenvalue weighted by atomic mass is 9.84. The maximum Gasteiger partial charge on any atom is 0.313 e. The number of aryl methyl sites for hydroxylation is 2. The van der Waals surface area contributed by atoms with Crippen LogP contribution in [0.2, 0.25) is 0 Å². The molecule has 0 atom stereocenters. The molecule has 3 aromatic carbocycles. The van der Waals surface area contributed by atoms with Gasteiger partial charge in [0.25, 0.3) is 0 Å². The van der Waals surface area contributed by atoms with Gasteiger partial charge in [-0.1, -0.05) is 83.9 Å². The van der Waals surface area contributed by atoms with E-state index in [1.165, 1.54) is 22.3 Å². The van der Waals surface area contributed by atoms with E-state index in [2.05, 4.69) is 67.3 Å². The second kappa shape index (κ2) is 12.7. The van der Waals surface area contributed by atoms with Gasteiger partial charge in [0.05, 0.1) is 11.5 Å².